The van der Waals surface area contributed by atoms with Crippen LogP contribution in [0.3, 0.4) is 0 Å². The second kappa shape index (κ2) is 18.1. The normalized spacial score (nSPS) is 12.2. The Morgan fingerprint density at radius 1 is 0.622 bits per heavy atom. The molecule has 37 heavy (non-hydrogen) atoms. The van der Waals surface area contributed by atoms with Gasteiger partial charge in [-0.3, -0.25) is 4.79 Å². The van der Waals surface area contributed by atoms with Gasteiger partial charge in [-0.25, -0.2) is 0 Å². The van der Waals surface area contributed by atoms with E-state index in [0.29, 0.717) is 6.42 Å². The Morgan fingerprint density at radius 2 is 1.05 bits per heavy atom. The van der Waals surface area contributed by atoms with Crippen molar-refractivity contribution >= 4 is 5.97 Å². The Bertz CT molecular complexity index is 748. The molecule has 0 aliphatic rings. The minimum absolute atomic E-state index is 0.0733. The summed E-state index contributed by atoms with van der Waals surface area (Å²) in [6.07, 6.45) is 23.7. The smallest absolute Gasteiger partial charge is 0.310 e. The summed E-state index contributed by atoms with van der Waals surface area (Å²) in [5.41, 5.74) is 3.56. The van der Waals surface area contributed by atoms with Gasteiger partial charge in [-0.15, -0.1) is 0 Å². The van der Waals surface area contributed by atoms with Crippen LogP contribution in [0, 0.1) is 0 Å². The third kappa shape index (κ3) is 13.9. The van der Waals surface area contributed by atoms with Crippen molar-refractivity contribution in [1.82, 2.24) is 0 Å². The van der Waals surface area contributed by atoms with Crippen LogP contribution in [0.5, 0.6) is 5.75 Å². The third-order valence-electron chi connectivity index (χ3n) is 7.61. The van der Waals surface area contributed by atoms with Crippen molar-refractivity contribution < 1.29 is 9.53 Å². The molecule has 0 radical (unpaired) electrons. The van der Waals surface area contributed by atoms with E-state index < -0.39 is 0 Å². The lowest BCUT2D eigenvalue weighted by Crippen LogP contribution is -2.23. The maximum Gasteiger partial charge on any atom is 0.310 e. The molecule has 1 aromatic rings. The average molecular weight is 515 g/mol. The van der Waals surface area contributed by atoms with E-state index >= 15 is 0 Å². The van der Waals surface area contributed by atoms with E-state index in [2.05, 4.69) is 60.6 Å². The van der Waals surface area contributed by atoms with Crippen molar-refractivity contribution in [1.29, 1.82) is 0 Å². The highest BCUT2D eigenvalue weighted by atomic mass is 16.5. The number of unbranched alkanes of at least 4 members (excludes halogenated alkanes) is 15. The van der Waals surface area contributed by atoms with Crippen molar-refractivity contribution in [2.24, 2.45) is 0 Å². The molecule has 0 N–H and O–H groups in total. The molecule has 1 aromatic carbocycles. The van der Waals surface area contributed by atoms with Crippen molar-refractivity contribution in [3.63, 3.8) is 0 Å². The predicted octanol–water partition coefficient (Wildman–Crippen LogP) is 11.4. The molecule has 0 aliphatic carbocycles. The second-order valence-corrected chi connectivity index (χ2v) is 13.4. The van der Waals surface area contributed by atoms with Crippen LogP contribution in [0.4, 0.5) is 0 Å². The van der Waals surface area contributed by atoms with Gasteiger partial charge in [0, 0.05) is 17.5 Å². The lowest BCUT2D eigenvalue weighted by molar-refractivity contribution is -0.134. The molecule has 0 bridgehead atoms. The molecule has 0 heterocycles. The van der Waals surface area contributed by atoms with E-state index in [1.54, 1.807) is 0 Å². The van der Waals surface area contributed by atoms with E-state index in [9.17, 15) is 4.79 Å². The maximum atomic E-state index is 12.3. The van der Waals surface area contributed by atoms with Gasteiger partial charge in [-0.2, -0.15) is 0 Å². The van der Waals surface area contributed by atoms with Gasteiger partial charge in [0.15, 0.2) is 0 Å². The summed E-state index contributed by atoms with van der Waals surface area (Å²) in [5.74, 6) is 0.677. The largest absolute Gasteiger partial charge is 0.426 e. The Balaban J connectivity index is 2.43. The summed E-state index contributed by atoms with van der Waals surface area (Å²) in [6.45, 7) is 17.5. The van der Waals surface area contributed by atoms with Crippen LogP contribution in [0.25, 0.3) is 0 Å². The van der Waals surface area contributed by atoms with Crippen LogP contribution < -0.4 is 4.74 Å². The Hall–Kier alpha value is -1.31. The molecular formula is C35H62O2. The fourth-order valence-electron chi connectivity index (χ4n) is 5.40. The van der Waals surface area contributed by atoms with Crippen LogP contribution in [0.15, 0.2) is 12.1 Å². The fraction of sp³-hybridized carbons (Fsp3) is 0.800. The molecule has 1 rings (SSSR count). The minimum Gasteiger partial charge on any atom is -0.426 e. The van der Waals surface area contributed by atoms with E-state index in [-0.39, 0.29) is 16.8 Å². The number of ether oxygens (including phenoxy) is 1. The first-order valence-corrected chi connectivity index (χ1v) is 15.9. The van der Waals surface area contributed by atoms with Crippen molar-refractivity contribution in [3.05, 3.63) is 28.8 Å². The minimum atomic E-state index is -0.143. The highest BCUT2D eigenvalue weighted by Crippen LogP contribution is 2.42. The van der Waals surface area contributed by atoms with Crippen molar-refractivity contribution in [2.45, 2.75) is 182 Å². The predicted molar refractivity (Wildman–Crippen MR) is 163 cm³/mol. The molecule has 0 aromatic heterocycles. The first-order chi connectivity index (χ1) is 17.5. The molecular weight excluding hydrogens is 452 g/mol. The first kappa shape index (κ1) is 33.7. The number of benzene rings is 1. The molecule has 0 aliphatic heterocycles. The lowest BCUT2D eigenvalue weighted by atomic mass is 9.76. The SMILES string of the molecule is CCCCCCCCCCCCCCCCCCc1ccc(C(C)(C)C)c(OC(=O)CC)c1C(C)(C)C. The number of aryl methyl sites for hydroxylation is 1. The van der Waals surface area contributed by atoms with Crippen LogP contribution >= 0.6 is 0 Å². The fourth-order valence-corrected chi connectivity index (χ4v) is 5.40. The number of hydrogen-bond donors (Lipinski definition) is 0. The quantitative estimate of drug-likeness (QED) is 0.104. The zero-order chi connectivity index (χ0) is 27.7. The summed E-state index contributed by atoms with van der Waals surface area (Å²) in [4.78, 5) is 12.3. The molecule has 2 nitrogen and oxygen atoms in total. The number of esters is 1. The average Bonchev–Trinajstić information content (AvgIpc) is 2.82. The van der Waals surface area contributed by atoms with Crippen molar-refractivity contribution in [3.8, 4) is 5.75 Å². The molecule has 0 saturated carbocycles. The van der Waals surface area contributed by atoms with E-state index in [1.807, 2.05) is 6.92 Å². The molecule has 0 fully saturated rings. The molecule has 0 atom stereocenters. The van der Waals surface area contributed by atoms with Gasteiger partial charge >= 0.3 is 5.97 Å². The Labute approximate surface area is 231 Å². The molecule has 2 heteroatoms. The standard InChI is InChI=1S/C35H62O2/c1-9-11-12-13-14-15-16-17-18-19-20-21-22-23-24-25-26-29-27-28-30(34(3,4)5)33(37-31(36)10-2)32(29)35(6,7)8/h27-28H,9-26H2,1-8H3. The van der Waals surface area contributed by atoms with Gasteiger partial charge in [0.05, 0.1) is 0 Å². The zero-order valence-corrected chi connectivity index (χ0v) is 26.2. The highest BCUT2D eigenvalue weighted by Gasteiger charge is 2.30. The third-order valence-corrected chi connectivity index (χ3v) is 7.61. The van der Waals surface area contributed by atoms with Gasteiger partial charge in [-0.1, -0.05) is 164 Å². The van der Waals surface area contributed by atoms with Crippen LogP contribution in [-0.2, 0) is 22.0 Å². The molecule has 0 unspecified atom stereocenters. The summed E-state index contributed by atoms with van der Waals surface area (Å²) in [5, 5.41) is 0. The Kier molecular flexibility index (Phi) is 16.5. The molecule has 0 amide bonds. The second-order valence-electron chi connectivity index (χ2n) is 13.4. The van der Waals surface area contributed by atoms with Crippen LogP contribution in [0.1, 0.15) is 181 Å². The number of rotatable bonds is 19. The summed E-state index contributed by atoms with van der Waals surface area (Å²) in [7, 11) is 0. The van der Waals surface area contributed by atoms with Gasteiger partial charge < -0.3 is 4.74 Å². The van der Waals surface area contributed by atoms with Gasteiger partial charge in [0.2, 0.25) is 0 Å². The molecule has 0 saturated heterocycles. The van der Waals surface area contributed by atoms with Gasteiger partial charge in [0.25, 0.3) is 0 Å². The highest BCUT2D eigenvalue weighted by molar-refractivity contribution is 5.74. The van der Waals surface area contributed by atoms with Crippen LogP contribution in [0.2, 0.25) is 0 Å². The molecule has 0 spiro atoms. The monoisotopic (exact) mass is 514 g/mol. The lowest BCUT2D eigenvalue weighted by Gasteiger charge is -2.31. The van der Waals surface area contributed by atoms with Gasteiger partial charge in [-0.05, 0) is 29.2 Å². The number of carbonyl (C=O) groups excluding carboxylic acids is 1. The summed E-state index contributed by atoms with van der Waals surface area (Å²) in [6, 6.07) is 4.50. The Morgan fingerprint density at radius 3 is 1.43 bits per heavy atom. The topological polar surface area (TPSA) is 26.3 Å². The number of hydrogen-bond acceptors (Lipinski definition) is 2. The van der Waals surface area contributed by atoms with Gasteiger partial charge in [0.1, 0.15) is 5.75 Å². The van der Waals surface area contributed by atoms with E-state index in [4.69, 9.17) is 4.74 Å². The number of carbonyl (C=O) groups is 1. The first-order valence-electron chi connectivity index (χ1n) is 15.9. The van der Waals surface area contributed by atoms with Crippen LogP contribution in [-0.4, -0.2) is 5.97 Å². The van der Waals surface area contributed by atoms with Crippen molar-refractivity contribution in [2.75, 3.05) is 0 Å². The summed E-state index contributed by atoms with van der Waals surface area (Å²) < 4.78 is 6.01. The zero-order valence-electron chi connectivity index (χ0n) is 26.2. The summed E-state index contributed by atoms with van der Waals surface area (Å²) >= 11 is 0. The molecule has 214 valence electrons. The van der Waals surface area contributed by atoms with E-state index in [1.165, 1.54) is 114 Å². The van der Waals surface area contributed by atoms with E-state index in [0.717, 1.165) is 17.7 Å². The maximum absolute atomic E-state index is 12.3.